The lowest BCUT2D eigenvalue weighted by atomic mass is 10.1. The smallest absolute Gasteiger partial charge is 0.114 e. The van der Waals surface area contributed by atoms with Gasteiger partial charge >= 0.3 is 0 Å². The Morgan fingerprint density at radius 1 is 1.13 bits per heavy atom. The van der Waals surface area contributed by atoms with Crippen LogP contribution in [-0.4, -0.2) is 66.1 Å². The standard InChI is InChI=1S/C10H20O5/c1-11-4-5-14-9-7-15-8(6-12-2)10(9)13-3/h8-10H,4-7H2,1-3H3/t8-,9?,10-/m1/s1. The molecule has 1 fully saturated rings. The van der Waals surface area contributed by atoms with Crippen molar-refractivity contribution >= 4 is 0 Å². The van der Waals surface area contributed by atoms with Gasteiger partial charge in [0.25, 0.3) is 0 Å². The highest BCUT2D eigenvalue weighted by atomic mass is 16.6. The molecule has 90 valence electrons. The SMILES string of the molecule is COCCOC1CO[C@H](COC)[C@H]1OC. The molecule has 0 aliphatic carbocycles. The van der Waals surface area contributed by atoms with Crippen molar-refractivity contribution in [2.24, 2.45) is 0 Å². The third kappa shape index (κ3) is 3.70. The molecule has 15 heavy (non-hydrogen) atoms. The Hall–Kier alpha value is -0.200. The van der Waals surface area contributed by atoms with Gasteiger partial charge in [-0.3, -0.25) is 0 Å². The fourth-order valence-electron chi connectivity index (χ4n) is 1.68. The maximum Gasteiger partial charge on any atom is 0.114 e. The summed E-state index contributed by atoms with van der Waals surface area (Å²) >= 11 is 0. The first-order valence-electron chi connectivity index (χ1n) is 5.07. The summed E-state index contributed by atoms with van der Waals surface area (Å²) in [6.45, 7) is 2.23. The van der Waals surface area contributed by atoms with Gasteiger partial charge in [-0.25, -0.2) is 0 Å². The molecule has 1 aliphatic heterocycles. The van der Waals surface area contributed by atoms with Gasteiger partial charge in [0.05, 0.1) is 26.4 Å². The second kappa shape index (κ2) is 7.14. The monoisotopic (exact) mass is 220 g/mol. The van der Waals surface area contributed by atoms with E-state index in [0.717, 1.165) is 0 Å². The third-order valence-electron chi connectivity index (χ3n) is 2.43. The molecule has 0 aromatic rings. The lowest BCUT2D eigenvalue weighted by Gasteiger charge is -2.20. The van der Waals surface area contributed by atoms with Crippen LogP contribution in [0.15, 0.2) is 0 Å². The van der Waals surface area contributed by atoms with Crippen LogP contribution in [0, 0.1) is 0 Å². The number of methoxy groups -OCH3 is 3. The summed E-state index contributed by atoms with van der Waals surface area (Å²) in [7, 11) is 4.96. The van der Waals surface area contributed by atoms with E-state index in [9.17, 15) is 0 Å². The van der Waals surface area contributed by atoms with Gasteiger partial charge in [-0.1, -0.05) is 0 Å². The van der Waals surface area contributed by atoms with E-state index < -0.39 is 0 Å². The van der Waals surface area contributed by atoms with Crippen molar-refractivity contribution in [3.8, 4) is 0 Å². The Kier molecular flexibility index (Phi) is 6.12. The molecule has 0 bridgehead atoms. The first-order valence-corrected chi connectivity index (χ1v) is 5.07. The number of rotatable bonds is 7. The van der Waals surface area contributed by atoms with Crippen LogP contribution in [0.4, 0.5) is 0 Å². The summed E-state index contributed by atoms with van der Waals surface area (Å²) in [4.78, 5) is 0. The zero-order valence-corrected chi connectivity index (χ0v) is 9.60. The van der Waals surface area contributed by atoms with Crippen molar-refractivity contribution in [2.45, 2.75) is 18.3 Å². The van der Waals surface area contributed by atoms with Crippen LogP contribution >= 0.6 is 0 Å². The molecule has 0 aromatic carbocycles. The van der Waals surface area contributed by atoms with Crippen molar-refractivity contribution in [3.05, 3.63) is 0 Å². The second-order valence-corrected chi connectivity index (χ2v) is 3.43. The molecule has 1 heterocycles. The molecular weight excluding hydrogens is 200 g/mol. The highest BCUT2D eigenvalue weighted by molar-refractivity contribution is 4.85. The van der Waals surface area contributed by atoms with Crippen molar-refractivity contribution in [1.82, 2.24) is 0 Å². The van der Waals surface area contributed by atoms with Crippen molar-refractivity contribution < 1.29 is 23.7 Å². The summed E-state index contributed by atoms with van der Waals surface area (Å²) in [6.07, 6.45) is -0.111. The summed E-state index contributed by atoms with van der Waals surface area (Å²) < 4.78 is 26.4. The fourth-order valence-corrected chi connectivity index (χ4v) is 1.68. The lowest BCUT2D eigenvalue weighted by Crippen LogP contribution is -2.36. The molecule has 0 amide bonds. The van der Waals surface area contributed by atoms with Crippen molar-refractivity contribution in [3.63, 3.8) is 0 Å². The van der Waals surface area contributed by atoms with Crippen molar-refractivity contribution in [1.29, 1.82) is 0 Å². The van der Waals surface area contributed by atoms with Crippen molar-refractivity contribution in [2.75, 3.05) is 47.8 Å². The Labute approximate surface area is 90.6 Å². The van der Waals surface area contributed by atoms with E-state index in [0.29, 0.717) is 26.4 Å². The van der Waals surface area contributed by atoms with Crippen LogP contribution in [0.1, 0.15) is 0 Å². The summed E-state index contributed by atoms with van der Waals surface area (Å²) in [5.41, 5.74) is 0. The molecule has 1 saturated heterocycles. The van der Waals surface area contributed by atoms with Crippen LogP contribution in [0.3, 0.4) is 0 Å². The van der Waals surface area contributed by atoms with Gasteiger partial charge in [-0.2, -0.15) is 0 Å². The van der Waals surface area contributed by atoms with Gasteiger partial charge in [0.1, 0.15) is 18.3 Å². The second-order valence-electron chi connectivity index (χ2n) is 3.43. The summed E-state index contributed by atoms with van der Waals surface area (Å²) in [5, 5.41) is 0. The number of hydrogen-bond donors (Lipinski definition) is 0. The minimum absolute atomic E-state index is 0.0229. The predicted octanol–water partition coefficient (Wildman–Crippen LogP) is 0.0782. The van der Waals surface area contributed by atoms with Gasteiger partial charge in [0.2, 0.25) is 0 Å². The molecule has 0 saturated carbocycles. The number of hydrogen-bond acceptors (Lipinski definition) is 5. The van der Waals surface area contributed by atoms with E-state index in [2.05, 4.69) is 0 Å². The van der Waals surface area contributed by atoms with E-state index in [1.165, 1.54) is 0 Å². The zero-order valence-electron chi connectivity index (χ0n) is 9.60. The molecule has 5 nitrogen and oxygen atoms in total. The molecule has 0 radical (unpaired) electrons. The minimum Gasteiger partial charge on any atom is -0.382 e. The molecule has 1 unspecified atom stereocenters. The highest BCUT2D eigenvalue weighted by Crippen LogP contribution is 2.20. The first kappa shape index (κ1) is 12.9. The molecule has 0 N–H and O–H groups in total. The fraction of sp³-hybridized carbons (Fsp3) is 1.00. The van der Waals surface area contributed by atoms with E-state index in [1.807, 2.05) is 0 Å². The average Bonchev–Trinajstić information content (AvgIpc) is 2.62. The quantitative estimate of drug-likeness (QED) is 0.568. The van der Waals surface area contributed by atoms with E-state index in [4.69, 9.17) is 23.7 Å². The first-order chi connectivity index (χ1) is 7.33. The molecule has 3 atom stereocenters. The predicted molar refractivity (Wildman–Crippen MR) is 54.0 cm³/mol. The molecule has 1 aliphatic rings. The molecule has 1 rings (SSSR count). The van der Waals surface area contributed by atoms with E-state index in [1.54, 1.807) is 21.3 Å². The minimum atomic E-state index is -0.0539. The Balaban J connectivity index is 2.31. The van der Waals surface area contributed by atoms with Crippen LogP contribution in [0.5, 0.6) is 0 Å². The maximum atomic E-state index is 5.59. The van der Waals surface area contributed by atoms with E-state index in [-0.39, 0.29) is 18.3 Å². The van der Waals surface area contributed by atoms with Gasteiger partial charge < -0.3 is 23.7 Å². The normalized spacial score (nSPS) is 31.0. The van der Waals surface area contributed by atoms with Crippen LogP contribution in [0.2, 0.25) is 0 Å². The van der Waals surface area contributed by atoms with Gasteiger partial charge in [0, 0.05) is 21.3 Å². The molecular formula is C10H20O5. The highest BCUT2D eigenvalue weighted by Gasteiger charge is 2.38. The van der Waals surface area contributed by atoms with Gasteiger partial charge in [-0.15, -0.1) is 0 Å². The Morgan fingerprint density at radius 3 is 2.53 bits per heavy atom. The third-order valence-corrected chi connectivity index (χ3v) is 2.43. The maximum absolute atomic E-state index is 5.59. The average molecular weight is 220 g/mol. The Bertz CT molecular complexity index is 164. The molecule has 0 spiro atoms. The van der Waals surface area contributed by atoms with Crippen LogP contribution < -0.4 is 0 Å². The lowest BCUT2D eigenvalue weighted by molar-refractivity contribution is -0.0624. The summed E-state index contributed by atoms with van der Waals surface area (Å²) in [6, 6.07) is 0. The van der Waals surface area contributed by atoms with Gasteiger partial charge in [0.15, 0.2) is 0 Å². The number of ether oxygens (including phenoxy) is 5. The Morgan fingerprint density at radius 2 is 1.93 bits per heavy atom. The van der Waals surface area contributed by atoms with E-state index >= 15 is 0 Å². The molecule has 0 aromatic heterocycles. The topological polar surface area (TPSA) is 46.2 Å². The van der Waals surface area contributed by atoms with Gasteiger partial charge in [-0.05, 0) is 0 Å². The zero-order chi connectivity index (χ0) is 11.1. The largest absolute Gasteiger partial charge is 0.382 e. The molecule has 5 heteroatoms. The van der Waals surface area contributed by atoms with Crippen LogP contribution in [-0.2, 0) is 23.7 Å². The van der Waals surface area contributed by atoms with Crippen LogP contribution in [0.25, 0.3) is 0 Å². The summed E-state index contributed by atoms with van der Waals surface area (Å²) in [5.74, 6) is 0.